The molecule has 3 heteroatoms. The molecule has 1 aromatic heterocycles. The molecule has 0 nitrogen and oxygen atoms in total. The van der Waals surface area contributed by atoms with Crippen molar-refractivity contribution in [2.75, 3.05) is 0 Å². The zero-order valence-corrected chi connectivity index (χ0v) is 10.4. The molecular weight excluding hydrogens is 240 g/mol. The quantitative estimate of drug-likeness (QED) is 0.532. The number of rotatable bonds is 0. The van der Waals surface area contributed by atoms with Crippen LogP contribution in [0.1, 0.15) is 0 Å². The van der Waals surface area contributed by atoms with Gasteiger partial charge in [0, 0.05) is 30.0 Å². The van der Waals surface area contributed by atoms with Crippen LogP contribution in [0.2, 0.25) is 0 Å². The Labute approximate surface area is 103 Å². The normalized spacial score (nSPS) is 11.3. The van der Waals surface area contributed by atoms with Crippen molar-refractivity contribution in [2.45, 2.75) is 9.79 Å². The fourth-order valence-electron chi connectivity index (χ4n) is 1.79. The highest BCUT2D eigenvalue weighted by atomic mass is 32.1. The first-order valence-corrected chi connectivity index (χ1v) is 6.30. The second-order valence-electron chi connectivity index (χ2n) is 3.41. The lowest BCUT2D eigenvalue weighted by atomic mass is 10.1. The Bertz CT molecular complexity index is 596. The Morgan fingerprint density at radius 2 is 1.20 bits per heavy atom. The molecule has 0 N–H and O–H groups in total. The van der Waals surface area contributed by atoms with Crippen molar-refractivity contribution < 1.29 is 0 Å². The van der Waals surface area contributed by atoms with E-state index < -0.39 is 0 Å². The third kappa shape index (κ3) is 1.38. The molecule has 74 valence electrons. The van der Waals surface area contributed by atoms with E-state index in [1.807, 2.05) is 24.3 Å². The van der Waals surface area contributed by atoms with E-state index in [0.717, 1.165) is 9.79 Å². The fourth-order valence-corrected chi connectivity index (χ4v) is 3.60. The van der Waals surface area contributed by atoms with Crippen LogP contribution in [-0.2, 0) is 0 Å². The molecule has 15 heavy (non-hydrogen) atoms. The average molecular weight is 248 g/mol. The molecule has 0 bridgehead atoms. The summed E-state index contributed by atoms with van der Waals surface area (Å²) in [6.07, 6.45) is 0. The minimum absolute atomic E-state index is 1.04. The summed E-state index contributed by atoms with van der Waals surface area (Å²) in [6.45, 7) is 0. The predicted octanol–water partition coefficient (Wildman–Crippen LogP) is 4.63. The van der Waals surface area contributed by atoms with E-state index in [1.165, 1.54) is 20.2 Å². The largest absolute Gasteiger partial charge is 0.142 e. The summed E-state index contributed by atoms with van der Waals surface area (Å²) in [7, 11) is 0. The van der Waals surface area contributed by atoms with Crippen LogP contribution >= 0.6 is 36.6 Å². The van der Waals surface area contributed by atoms with Gasteiger partial charge in [0.1, 0.15) is 0 Å². The van der Waals surface area contributed by atoms with Gasteiger partial charge in [-0.1, -0.05) is 24.3 Å². The minimum atomic E-state index is 1.04. The van der Waals surface area contributed by atoms with Crippen LogP contribution < -0.4 is 0 Å². The highest BCUT2D eigenvalue weighted by Crippen LogP contribution is 2.39. The molecule has 0 saturated heterocycles. The lowest BCUT2D eigenvalue weighted by molar-refractivity contribution is 1.60. The number of hydrogen-bond donors (Lipinski definition) is 2. The van der Waals surface area contributed by atoms with Crippen molar-refractivity contribution in [3.05, 3.63) is 36.4 Å². The molecule has 3 rings (SSSR count). The Balaban J connectivity index is 2.63. The van der Waals surface area contributed by atoms with Crippen LogP contribution in [0, 0.1) is 0 Å². The van der Waals surface area contributed by atoms with Gasteiger partial charge in [-0.05, 0) is 12.1 Å². The molecule has 3 aromatic rings. The highest BCUT2D eigenvalue weighted by molar-refractivity contribution is 7.81. The SMILES string of the molecule is Sc1cccc2c1sc1c(S)cccc12. The second kappa shape index (κ2) is 3.44. The number of thiol groups is 2. The van der Waals surface area contributed by atoms with E-state index in [-0.39, 0.29) is 0 Å². The van der Waals surface area contributed by atoms with Crippen LogP contribution in [0.4, 0.5) is 0 Å². The third-order valence-corrected chi connectivity index (χ3v) is 4.82. The summed E-state index contributed by atoms with van der Waals surface area (Å²) in [4.78, 5) is 2.09. The van der Waals surface area contributed by atoms with Crippen molar-refractivity contribution in [2.24, 2.45) is 0 Å². The summed E-state index contributed by atoms with van der Waals surface area (Å²) >= 11 is 10.7. The Morgan fingerprint density at radius 1 is 0.733 bits per heavy atom. The lowest BCUT2D eigenvalue weighted by Crippen LogP contribution is -1.68. The molecular formula is C12H8S3. The smallest absolute Gasteiger partial charge is 0.0489 e. The van der Waals surface area contributed by atoms with Crippen molar-refractivity contribution >= 4 is 56.8 Å². The molecule has 0 amide bonds. The molecule has 0 aliphatic heterocycles. The van der Waals surface area contributed by atoms with Gasteiger partial charge in [-0.15, -0.1) is 36.6 Å². The van der Waals surface area contributed by atoms with Gasteiger partial charge in [0.2, 0.25) is 0 Å². The van der Waals surface area contributed by atoms with Crippen molar-refractivity contribution in [3.63, 3.8) is 0 Å². The molecule has 0 aliphatic rings. The molecule has 0 unspecified atom stereocenters. The maximum Gasteiger partial charge on any atom is 0.0489 e. The first-order valence-electron chi connectivity index (χ1n) is 4.59. The second-order valence-corrected chi connectivity index (χ2v) is 5.39. The van der Waals surface area contributed by atoms with E-state index in [4.69, 9.17) is 0 Å². The molecule has 0 radical (unpaired) electrons. The van der Waals surface area contributed by atoms with Gasteiger partial charge in [-0.25, -0.2) is 0 Å². The van der Waals surface area contributed by atoms with Gasteiger partial charge in [-0.3, -0.25) is 0 Å². The van der Waals surface area contributed by atoms with Gasteiger partial charge in [0.25, 0.3) is 0 Å². The number of thiophene rings is 1. The molecule has 0 atom stereocenters. The van der Waals surface area contributed by atoms with E-state index in [0.29, 0.717) is 0 Å². The minimum Gasteiger partial charge on any atom is -0.142 e. The number of fused-ring (bicyclic) bond motifs is 3. The zero-order chi connectivity index (χ0) is 10.4. The van der Waals surface area contributed by atoms with Crippen LogP contribution in [0.3, 0.4) is 0 Å². The third-order valence-electron chi connectivity index (χ3n) is 2.48. The van der Waals surface area contributed by atoms with Gasteiger partial charge < -0.3 is 0 Å². The van der Waals surface area contributed by atoms with E-state index in [9.17, 15) is 0 Å². The van der Waals surface area contributed by atoms with Gasteiger partial charge >= 0.3 is 0 Å². The van der Waals surface area contributed by atoms with Gasteiger partial charge in [0.15, 0.2) is 0 Å². The van der Waals surface area contributed by atoms with Crippen molar-refractivity contribution in [1.82, 2.24) is 0 Å². The summed E-state index contributed by atoms with van der Waals surface area (Å²) in [6, 6.07) is 12.4. The summed E-state index contributed by atoms with van der Waals surface area (Å²) in [5, 5.41) is 2.55. The summed E-state index contributed by atoms with van der Waals surface area (Å²) < 4.78 is 2.50. The van der Waals surface area contributed by atoms with Crippen molar-refractivity contribution in [1.29, 1.82) is 0 Å². The number of benzene rings is 2. The first-order chi connectivity index (χ1) is 7.27. The standard InChI is InChI=1S/C12H8S3/c13-9-5-1-3-7-8-4-2-6-10(14)12(8)15-11(7)9/h1-6,13-14H. The number of hydrogen-bond acceptors (Lipinski definition) is 3. The molecule has 0 spiro atoms. The van der Waals surface area contributed by atoms with Crippen LogP contribution in [-0.4, -0.2) is 0 Å². The molecule has 2 aromatic carbocycles. The van der Waals surface area contributed by atoms with Gasteiger partial charge in [0.05, 0.1) is 0 Å². The first kappa shape index (κ1) is 9.58. The maximum absolute atomic E-state index is 4.48. The zero-order valence-electron chi connectivity index (χ0n) is 7.77. The molecule has 0 saturated carbocycles. The fraction of sp³-hybridized carbons (Fsp3) is 0. The maximum atomic E-state index is 4.48. The molecule has 0 aliphatic carbocycles. The van der Waals surface area contributed by atoms with E-state index in [2.05, 4.69) is 37.4 Å². The molecule has 1 heterocycles. The Morgan fingerprint density at radius 3 is 1.67 bits per heavy atom. The van der Waals surface area contributed by atoms with Crippen LogP contribution in [0.15, 0.2) is 46.2 Å². The van der Waals surface area contributed by atoms with Crippen LogP contribution in [0.5, 0.6) is 0 Å². The van der Waals surface area contributed by atoms with Crippen LogP contribution in [0.25, 0.3) is 20.2 Å². The highest BCUT2D eigenvalue weighted by Gasteiger charge is 2.08. The van der Waals surface area contributed by atoms with Gasteiger partial charge in [-0.2, -0.15) is 0 Å². The molecule has 0 fully saturated rings. The summed E-state index contributed by atoms with van der Waals surface area (Å²) in [5.41, 5.74) is 0. The topological polar surface area (TPSA) is 0 Å². The van der Waals surface area contributed by atoms with E-state index >= 15 is 0 Å². The Hall–Kier alpha value is -0.640. The average Bonchev–Trinajstić information content (AvgIpc) is 2.60. The predicted molar refractivity (Wildman–Crippen MR) is 73.8 cm³/mol. The van der Waals surface area contributed by atoms with E-state index in [1.54, 1.807) is 11.3 Å². The van der Waals surface area contributed by atoms with Crippen molar-refractivity contribution in [3.8, 4) is 0 Å². The monoisotopic (exact) mass is 248 g/mol. The lowest BCUT2D eigenvalue weighted by Gasteiger charge is -1.93. The summed E-state index contributed by atoms with van der Waals surface area (Å²) in [5.74, 6) is 0. The Kier molecular flexibility index (Phi) is 2.20.